The number of nitrogens with one attached hydrogen (secondary N) is 1. The highest BCUT2D eigenvalue weighted by molar-refractivity contribution is 7.92. The first-order valence-corrected chi connectivity index (χ1v) is 21.5. The molecule has 1 fully saturated rings. The van der Waals surface area contributed by atoms with Crippen LogP contribution in [0.15, 0.2) is 47.0 Å². The molecule has 13 nitrogen and oxygen atoms in total. The van der Waals surface area contributed by atoms with Crippen LogP contribution in [0.5, 0.6) is 11.6 Å². The second-order valence-corrected chi connectivity index (χ2v) is 18.0. The Kier molecular flexibility index (Phi) is 13.4. The maximum absolute atomic E-state index is 15.1. The molecule has 2 amide bonds. The van der Waals surface area contributed by atoms with Gasteiger partial charge in [0.05, 0.1) is 43.5 Å². The van der Waals surface area contributed by atoms with Crippen LogP contribution in [0.1, 0.15) is 84.7 Å². The van der Waals surface area contributed by atoms with Crippen LogP contribution in [0.3, 0.4) is 0 Å². The number of halogens is 1. The summed E-state index contributed by atoms with van der Waals surface area (Å²) in [6.45, 7) is 7.91. The monoisotopic (exact) mass is 811 g/mol. The Bertz CT molecular complexity index is 2030. The van der Waals surface area contributed by atoms with E-state index in [2.05, 4.69) is 39.0 Å². The Morgan fingerprint density at radius 1 is 1.09 bits per heavy atom. The van der Waals surface area contributed by atoms with Crippen LogP contribution >= 0.6 is 11.6 Å². The zero-order chi connectivity index (χ0) is 40.1. The number of nitrogens with zero attached hydrogens (tertiary/aromatic N) is 4. The van der Waals surface area contributed by atoms with Gasteiger partial charge in [0.15, 0.2) is 0 Å². The van der Waals surface area contributed by atoms with Crippen molar-refractivity contribution in [3.63, 3.8) is 0 Å². The number of aryl methyl sites for hydroxylation is 2. The van der Waals surface area contributed by atoms with Crippen LogP contribution in [-0.2, 0) is 44.2 Å². The lowest BCUT2D eigenvalue weighted by molar-refractivity contribution is -0.110. The first-order valence-electron chi connectivity index (χ1n) is 19.4. The molecule has 0 saturated carbocycles. The second kappa shape index (κ2) is 18.1. The zero-order valence-corrected chi connectivity index (χ0v) is 34.6. The lowest BCUT2D eigenvalue weighted by Crippen LogP contribution is -2.40. The summed E-state index contributed by atoms with van der Waals surface area (Å²) in [4.78, 5) is 42.0. The average Bonchev–Trinajstić information content (AvgIpc) is 3.75. The molecule has 0 spiro atoms. The molecule has 1 unspecified atom stereocenters. The number of amides is 2. The van der Waals surface area contributed by atoms with Crippen molar-refractivity contribution in [1.82, 2.24) is 14.5 Å². The molecule has 3 aliphatic rings. The van der Waals surface area contributed by atoms with Gasteiger partial charge in [-0.25, -0.2) is 4.21 Å². The summed E-state index contributed by atoms with van der Waals surface area (Å²) in [6.07, 6.45) is 5.44. The van der Waals surface area contributed by atoms with Crippen molar-refractivity contribution in [2.45, 2.75) is 84.2 Å². The number of carbonyl (C=O) groups excluding carboxylic acids is 3. The molecule has 3 aliphatic heterocycles. The van der Waals surface area contributed by atoms with Crippen molar-refractivity contribution in [2.24, 2.45) is 35.1 Å². The van der Waals surface area contributed by atoms with E-state index in [0.29, 0.717) is 49.0 Å². The number of hydrogen-bond acceptors (Lipinski definition) is 10. The number of benzene rings is 2. The molecule has 8 atom stereocenters. The van der Waals surface area contributed by atoms with Crippen LogP contribution in [0.2, 0.25) is 5.02 Å². The maximum Gasteiger partial charge on any atom is 0.286 e. The van der Waals surface area contributed by atoms with Crippen LogP contribution in [0, 0.1) is 23.7 Å². The fourth-order valence-electron chi connectivity index (χ4n) is 8.42. The van der Waals surface area contributed by atoms with E-state index >= 15 is 4.21 Å². The zero-order valence-electron chi connectivity index (χ0n) is 33.1. The Hall–Kier alpha value is -3.98. The Labute approximate surface area is 335 Å². The number of rotatable bonds is 6. The minimum Gasteiger partial charge on any atom is -0.491 e. The molecule has 0 radical (unpaired) electrons. The summed E-state index contributed by atoms with van der Waals surface area (Å²) >= 11 is 6.49. The molecule has 3 aromatic rings. The molecular formula is C41H54ClN5O8S. The van der Waals surface area contributed by atoms with Gasteiger partial charge in [-0.05, 0) is 97.2 Å². The van der Waals surface area contributed by atoms with E-state index in [1.807, 2.05) is 19.1 Å². The van der Waals surface area contributed by atoms with Gasteiger partial charge >= 0.3 is 0 Å². The Morgan fingerprint density at radius 3 is 2.64 bits per heavy atom. The normalized spacial score (nSPS) is 28.8. The van der Waals surface area contributed by atoms with Gasteiger partial charge in [-0.3, -0.25) is 19.0 Å². The summed E-state index contributed by atoms with van der Waals surface area (Å²) in [5.41, 5.74) is 3.24. The largest absolute Gasteiger partial charge is 0.491 e. The fraction of sp³-hybridized carbons (Fsp3) is 0.561. The van der Waals surface area contributed by atoms with Crippen LogP contribution < -0.4 is 19.1 Å². The van der Waals surface area contributed by atoms with Gasteiger partial charge in [0.25, 0.3) is 11.8 Å². The molecule has 1 aromatic heterocycles. The van der Waals surface area contributed by atoms with Crippen molar-refractivity contribution < 1.29 is 37.5 Å². The van der Waals surface area contributed by atoms with Gasteiger partial charge in [0.1, 0.15) is 27.5 Å². The van der Waals surface area contributed by atoms with Crippen molar-refractivity contribution >= 4 is 45.3 Å². The van der Waals surface area contributed by atoms with Crippen LogP contribution in [0.25, 0.3) is 0 Å². The number of hydrogen-bond donors (Lipinski definition) is 1. The lowest BCUT2D eigenvalue weighted by Gasteiger charge is -2.36. The predicted molar refractivity (Wildman–Crippen MR) is 215 cm³/mol. The first-order chi connectivity index (χ1) is 26.8. The molecule has 1 saturated heterocycles. The second-order valence-electron chi connectivity index (χ2n) is 15.6. The third-order valence-electron chi connectivity index (χ3n) is 11.5. The van der Waals surface area contributed by atoms with Gasteiger partial charge in [-0.2, -0.15) is 0 Å². The number of ether oxygens (including phenoxy) is 4. The number of aldehydes is 1. The van der Waals surface area contributed by atoms with E-state index in [0.717, 1.165) is 36.7 Å². The van der Waals surface area contributed by atoms with Crippen molar-refractivity contribution in [2.75, 3.05) is 38.0 Å². The number of aromatic nitrogens is 2. The van der Waals surface area contributed by atoms with Gasteiger partial charge in [-0.1, -0.05) is 38.4 Å². The average molecular weight is 812 g/mol. The van der Waals surface area contributed by atoms with E-state index in [-0.39, 0.29) is 59.1 Å². The molecule has 15 heteroatoms. The maximum atomic E-state index is 15.1. The minimum absolute atomic E-state index is 0.0403. The standard InChI is InChI=1S/C41H54ClN5O8S/c1-25-21-47-22-30-10-12-32(42)17-28(30)9-7-8-16-54-36-13-11-29(19-35(36)47)39(49)44-56(51,45-40(50)34-23-46(4)43-41(34)53-6)24-26(2)38-31(18-33(55-38)14-15-48)20-37(52-5)27(25)3/h10-13,15,17,19,23,25-27,31,33,37-38H,7-9,14,16,18,20-22,24H2,1-6H3,(H,44,45,49,50,51)/t25-,26+,27+,31+,33+,37-,38+,56?/m0/s1. The van der Waals surface area contributed by atoms with Gasteiger partial charge in [0.2, 0.25) is 5.88 Å². The van der Waals surface area contributed by atoms with Gasteiger partial charge < -0.3 is 28.6 Å². The Balaban J connectivity index is 1.49. The summed E-state index contributed by atoms with van der Waals surface area (Å²) in [5.74, 6) is -1.32. The van der Waals surface area contributed by atoms with E-state index in [9.17, 15) is 14.4 Å². The van der Waals surface area contributed by atoms with Crippen molar-refractivity contribution in [3.05, 3.63) is 69.9 Å². The summed E-state index contributed by atoms with van der Waals surface area (Å²) in [6, 6.07) is 11.2. The number of carbonyl (C=O) groups is 3. The van der Waals surface area contributed by atoms with Gasteiger partial charge in [-0.15, -0.1) is 9.46 Å². The summed E-state index contributed by atoms with van der Waals surface area (Å²) < 4.78 is 47.8. The number of methoxy groups -OCH3 is 2. The minimum atomic E-state index is -3.80. The topological polar surface area (TPSA) is 151 Å². The van der Waals surface area contributed by atoms with Crippen LogP contribution in [-0.4, -0.2) is 83.5 Å². The van der Waals surface area contributed by atoms with Crippen LogP contribution in [0.4, 0.5) is 5.69 Å². The van der Waals surface area contributed by atoms with E-state index < -0.39 is 33.8 Å². The summed E-state index contributed by atoms with van der Waals surface area (Å²) in [5, 5.41) is 4.85. The highest BCUT2D eigenvalue weighted by atomic mass is 35.5. The molecule has 304 valence electrons. The highest BCUT2D eigenvalue weighted by Crippen LogP contribution is 2.40. The molecule has 0 aliphatic carbocycles. The molecule has 2 bridgehead atoms. The quantitative estimate of drug-likeness (QED) is 0.276. The Morgan fingerprint density at radius 2 is 1.89 bits per heavy atom. The third kappa shape index (κ3) is 9.58. The third-order valence-corrected chi connectivity index (χ3v) is 13.7. The predicted octanol–water partition coefficient (Wildman–Crippen LogP) is 6.45. The van der Waals surface area contributed by atoms with E-state index in [1.54, 1.807) is 32.4 Å². The molecule has 6 rings (SSSR count). The molecule has 4 heterocycles. The fourth-order valence-corrected chi connectivity index (χ4v) is 10.5. The summed E-state index contributed by atoms with van der Waals surface area (Å²) in [7, 11) is 0.951. The van der Waals surface area contributed by atoms with E-state index in [1.165, 1.54) is 18.0 Å². The SMILES string of the molecule is COc1nn(C)cc1C(=O)NS1(=O)=NC(=O)c2ccc3c(c2)N(Cc2ccc(Cl)cc2CCCCO3)C[C@H](C)[C@@H](C)[C@@H](OC)C[C@H]2C[C@@H](CC=O)O[C@@H]2[C@H](C)C1. The van der Waals surface area contributed by atoms with Crippen molar-refractivity contribution in [1.29, 1.82) is 0 Å². The molecule has 1 N–H and O–H groups in total. The van der Waals surface area contributed by atoms with E-state index in [4.69, 9.17) is 30.5 Å². The molecular weight excluding hydrogens is 758 g/mol. The lowest BCUT2D eigenvalue weighted by atomic mass is 9.81. The number of fused-ring (bicyclic) bond motifs is 3. The smallest absolute Gasteiger partial charge is 0.286 e. The van der Waals surface area contributed by atoms with Gasteiger partial charge in [0, 0.05) is 50.5 Å². The highest BCUT2D eigenvalue weighted by Gasteiger charge is 2.42. The molecule has 2 aromatic carbocycles. The van der Waals surface area contributed by atoms with Crippen molar-refractivity contribution in [3.8, 4) is 11.6 Å². The first kappa shape index (κ1) is 41.6. The molecule has 56 heavy (non-hydrogen) atoms. The number of anilines is 1.